The Morgan fingerprint density at radius 2 is 1.87 bits per heavy atom. The smallest absolute Gasteiger partial charge is 0.270 e. The molecule has 8 heteroatoms. The first-order valence-electron chi connectivity index (χ1n) is 6.75. The first-order chi connectivity index (χ1) is 10.8. The van der Waals surface area contributed by atoms with Gasteiger partial charge in [-0.15, -0.1) is 0 Å². The maximum atomic E-state index is 12.4. The van der Waals surface area contributed by atoms with Gasteiger partial charge in [-0.1, -0.05) is 24.3 Å². The number of nitrogens with one attached hydrogen (secondary N) is 1. The largest absolute Gasteiger partial charge is 0.496 e. The molecule has 0 amide bonds. The molecule has 1 N–H and O–H groups in total. The van der Waals surface area contributed by atoms with Gasteiger partial charge in [0.25, 0.3) is 5.69 Å². The van der Waals surface area contributed by atoms with E-state index in [9.17, 15) is 18.5 Å². The molecular weight excluding hydrogens is 320 g/mol. The van der Waals surface area contributed by atoms with E-state index in [1.807, 2.05) is 0 Å². The molecule has 0 bridgehead atoms. The van der Waals surface area contributed by atoms with Gasteiger partial charge in [0.05, 0.1) is 16.9 Å². The van der Waals surface area contributed by atoms with Crippen LogP contribution in [0.3, 0.4) is 0 Å². The van der Waals surface area contributed by atoms with Gasteiger partial charge in [0, 0.05) is 23.7 Å². The number of non-ortho nitro benzene ring substituents is 1. The molecule has 0 spiro atoms. The van der Waals surface area contributed by atoms with Crippen molar-refractivity contribution in [2.75, 3.05) is 7.11 Å². The Hall–Kier alpha value is -2.45. The molecule has 1 atom stereocenters. The van der Waals surface area contributed by atoms with Crippen LogP contribution in [0.2, 0.25) is 0 Å². The molecule has 2 aromatic rings. The number of para-hydroxylation sites is 1. The van der Waals surface area contributed by atoms with Crippen LogP contribution in [0.5, 0.6) is 5.75 Å². The predicted octanol–water partition coefficient (Wildman–Crippen LogP) is 2.64. The van der Waals surface area contributed by atoms with Crippen molar-refractivity contribution in [3.63, 3.8) is 0 Å². The van der Waals surface area contributed by atoms with Gasteiger partial charge in [0.1, 0.15) is 5.75 Å². The van der Waals surface area contributed by atoms with Crippen LogP contribution < -0.4 is 9.46 Å². The Balaban J connectivity index is 2.31. The normalized spacial score (nSPS) is 12.6. The molecular formula is C15H16N2O5S. The number of methoxy groups -OCH3 is 1. The summed E-state index contributed by atoms with van der Waals surface area (Å²) in [4.78, 5) is 9.99. The van der Waals surface area contributed by atoms with Crippen molar-refractivity contribution in [2.45, 2.75) is 17.9 Å². The van der Waals surface area contributed by atoms with Crippen LogP contribution in [0.15, 0.2) is 53.4 Å². The molecule has 0 aromatic heterocycles. The minimum atomic E-state index is -3.90. The van der Waals surface area contributed by atoms with Gasteiger partial charge in [0.15, 0.2) is 0 Å². The topological polar surface area (TPSA) is 98.5 Å². The van der Waals surface area contributed by atoms with E-state index in [1.165, 1.54) is 25.3 Å². The van der Waals surface area contributed by atoms with Crippen molar-refractivity contribution < 1.29 is 18.1 Å². The molecule has 0 saturated carbocycles. The second-order valence-electron chi connectivity index (χ2n) is 4.84. The minimum absolute atomic E-state index is 0.159. The van der Waals surface area contributed by atoms with E-state index < -0.39 is 21.0 Å². The van der Waals surface area contributed by atoms with Crippen molar-refractivity contribution in [1.82, 2.24) is 4.72 Å². The third kappa shape index (κ3) is 3.85. The van der Waals surface area contributed by atoms with E-state index in [0.29, 0.717) is 11.3 Å². The zero-order valence-corrected chi connectivity index (χ0v) is 13.4. The number of nitrogens with zero attached hydrogens (tertiary/aromatic N) is 1. The number of nitro benzene ring substituents is 1. The fourth-order valence-electron chi connectivity index (χ4n) is 2.15. The Morgan fingerprint density at radius 1 is 1.17 bits per heavy atom. The van der Waals surface area contributed by atoms with Crippen molar-refractivity contribution in [3.05, 3.63) is 64.2 Å². The fourth-order valence-corrected chi connectivity index (χ4v) is 3.41. The number of sulfonamides is 1. The van der Waals surface area contributed by atoms with Crippen molar-refractivity contribution in [3.8, 4) is 5.75 Å². The highest BCUT2D eigenvalue weighted by molar-refractivity contribution is 7.89. The molecule has 23 heavy (non-hydrogen) atoms. The lowest BCUT2D eigenvalue weighted by atomic mass is 10.1. The third-order valence-corrected chi connectivity index (χ3v) is 4.81. The molecule has 2 aromatic carbocycles. The Morgan fingerprint density at radius 3 is 2.52 bits per heavy atom. The molecule has 7 nitrogen and oxygen atoms in total. The molecule has 0 aliphatic heterocycles. The summed E-state index contributed by atoms with van der Waals surface area (Å²) in [5.41, 5.74) is 0.391. The molecule has 0 unspecified atom stereocenters. The van der Waals surface area contributed by atoms with Crippen LogP contribution in [0, 0.1) is 10.1 Å². The second-order valence-corrected chi connectivity index (χ2v) is 6.55. The first-order valence-corrected chi connectivity index (χ1v) is 8.23. The summed E-state index contributed by atoms with van der Waals surface area (Å²) in [6, 6.07) is 11.4. The monoisotopic (exact) mass is 336 g/mol. The summed E-state index contributed by atoms with van der Waals surface area (Å²) in [5.74, 6) is 0.557. The van der Waals surface area contributed by atoms with Crippen molar-refractivity contribution >= 4 is 15.7 Å². The molecule has 2 rings (SSSR count). The number of ether oxygens (including phenoxy) is 1. The van der Waals surface area contributed by atoms with Crippen molar-refractivity contribution in [1.29, 1.82) is 0 Å². The van der Waals surface area contributed by atoms with Gasteiger partial charge in [-0.3, -0.25) is 10.1 Å². The maximum Gasteiger partial charge on any atom is 0.270 e. The lowest BCUT2D eigenvalue weighted by Gasteiger charge is -2.17. The van der Waals surface area contributed by atoms with Gasteiger partial charge in [0.2, 0.25) is 10.0 Å². The first kappa shape index (κ1) is 16.9. The third-order valence-electron chi connectivity index (χ3n) is 3.28. The Bertz CT molecular complexity index is 820. The van der Waals surface area contributed by atoms with Crippen LogP contribution >= 0.6 is 0 Å². The van der Waals surface area contributed by atoms with Gasteiger partial charge >= 0.3 is 0 Å². The van der Waals surface area contributed by atoms with Gasteiger partial charge in [-0.2, -0.15) is 0 Å². The highest BCUT2D eigenvalue weighted by Gasteiger charge is 2.22. The lowest BCUT2D eigenvalue weighted by Crippen LogP contribution is -2.27. The van der Waals surface area contributed by atoms with Crippen LogP contribution in [0.1, 0.15) is 18.5 Å². The zero-order valence-electron chi connectivity index (χ0n) is 12.6. The predicted molar refractivity (Wildman–Crippen MR) is 84.8 cm³/mol. The summed E-state index contributed by atoms with van der Waals surface area (Å²) in [6.07, 6.45) is 0. The molecule has 122 valence electrons. The van der Waals surface area contributed by atoms with Crippen molar-refractivity contribution in [2.24, 2.45) is 0 Å². The highest BCUT2D eigenvalue weighted by atomic mass is 32.2. The van der Waals surface area contributed by atoms with Crippen LogP contribution in [0.25, 0.3) is 0 Å². The van der Waals surface area contributed by atoms with Crippen LogP contribution in [-0.2, 0) is 10.0 Å². The molecule has 0 heterocycles. The number of benzene rings is 2. The van der Waals surface area contributed by atoms with E-state index in [4.69, 9.17) is 4.74 Å². The summed E-state index contributed by atoms with van der Waals surface area (Å²) < 4.78 is 32.5. The zero-order chi connectivity index (χ0) is 17.0. The fraction of sp³-hybridized carbons (Fsp3) is 0.200. The van der Waals surface area contributed by atoms with Gasteiger partial charge in [-0.25, -0.2) is 13.1 Å². The lowest BCUT2D eigenvalue weighted by molar-refractivity contribution is -0.385. The summed E-state index contributed by atoms with van der Waals surface area (Å²) >= 11 is 0. The quantitative estimate of drug-likeness (QED) is 0.646. The maximum absolute atomic E-state index is 12.4. The number of hydrogen-bond donors (Lipinski definition) is 1. The Labute approximate surface area is 134 Å². The van der Waals surface area contributed by atoms with E-state index in [0.717, 1.165) is 6.07 Å². The highest BCUT2D eigenvalue weighted by Crippen LogP contribution is 2.26. The van der Waals surface area contributed by atoms with E-state index in [1.54, 1.807) is 31.2 Å². The Kier molecular flexibility index (Phi) is 4.97. The van der Waals surface area contributed by atoms with E-state index in [-0.39, 0.29) is 10.6 Å². The molecule has 0 saturated heterocycles. The SMILES string of the molecule is COc1ccccc1[C@H](C)NS(=O)(=O)c1cccc([N+](=O)[O-])c1. The summed E-state index contributed by atoms with van der Waals surface area (Å²) in [6.45, 7) is 1.67. The van der Waals surface area contributed by atoms with Crippen LogP contribution in [0.4, 0.5) is 5.69 Å². The van der Waals surface area contributed by atoms with E-state index >= 15 is 0 Å². The number of nitro groups is 1. The van der Waals surface area contributed by atoms with Crippen LogP contribution in [-0.4, -0.2) is 20.5 Å². The average molecular weight is 336 g/mol. The minimum Gasteiger partial charge on any atom is -0.496 e. The number of rotatable bonds is 6. The average Bonchev–Trinajstić information content (AvgIpc) is 2.54. The molecule has 0 aliphatic rings. The molecule has 0 radical (unpaired) electrons. The summed E-state index contributed by atoms with van der Waals surface area (Å²) in [7, 11) is -2.40. The second kappa shape index (κ2) is 6.76. The van der Waals surface area contributed by atoms with E-state index in [2.05, 4.69) is 4.72 Å². The number of hydrogen-bond acceptors (Lipinski definition) is 5. The summed E-state index contributed by atoms with van der Waals surface area (Å²) in [5, 5.41) is 10.8. The van der Waals surface area contributed by atoms with Gasteiger partial charge in [-0.05, 0) is 19.1 Å². The standard InChI is InChI=1S/C15H16N2O5S/c1-11(14-8-3-4-9-15(14)22-2)16-23(20,21)13-7-5-6-12(10-13)17(18)19/h3-11,16H,1-2H3/t11-/m0/s1. The van der Waals surface area contributed by atoms with Gasteiger partial charge < -0.3 is 4.74 Å². The molecule has 0 aliphatic carbocycles. The molecule has 0 fully saturated rings.